The van der Waals surface area contributed by atoms with Crippen LogP contribution >= 0.6 is 0 Å². The highest BCUT2D eigenvalue weighted by Crippen LogP contribution is 2.66. The average Bonchev–Trinajstić information content (AvgIpc) is 2.73. The van der Waals surface area contributed by atoms with Crippen LogP contribution in [0.4, 0.5) is 0 Å². The van der Waals surface area contributed by atoms with Crippen LogP contribution < -0.4 is 0 Å². The van der Waals surface area contributed by atoms with Gasteiger partial charge in [-0.2, -0.15) is 0 Å². The van der Waals surface area contributed by atoms with Gasteiger partial charge in [0.25, 0.3) is 0 Å². The van der Waals surface area contributed by atoms with Crippen molar-refractivity contribution < 1.29 is 10.2 Å². The molecule has 0 amide bonds. The predicted molar refractivity (Wildman–Crippen MR) is 83.7 cm³/mol. The van der Waals surface area contributed by atoms with Crippen LogP contribution in [0.3, 0.4) is 0 Å². The Labute approximate surface area is 129 Å². The molecule has 21 heavy (non-hydrogen) atoms. The predicted octanol–water partition coefficient (Wildman–Crippen LogP) is 3.75. The van der Waals surface area contributed by atoms with E-state index in [1.54, 1.807) is 0 Å². The molecule has 0 bridgehead atoms. The fraction of sp³-hybridized carbons (Fsp3) is 1.00. The second-order valence-corrected chi connectivity index (χ2v) is 9.19. The van der Waals surface area contributed by atoms with Crippen molar-refractivity contribution in [2.75, 3.05) is 0 Å². The Morgan fingerprint density at radius 1 is 0.857 bits per heavy atom. The van der Waals surface area contributed by atoms with Crippen molar-refractivity contribution in [1.82, 2.24) is 0 Å². The highest BCUT2D eigenvalue weighted by Gasteiger charge is 2.62. The maximum absolute atomic E-state index is 11.0. The summed E-state index contributed by atoms with van der Waals surface area (Å²) in [6, 6.07) is 0. The molecule has 0 aromatic carbocycles. The lowest BCUT2D eigenvalue weighted by Gasteiger charge is -2.61. The van der Waals surface area contributed by atoms with Crippen LogP contribution in [0.15, 0.2) is 0 Å². The average molecular weight is 292 g/mol. The third-order valence-electron chi connectivity index (χ3n) is 8.46. The van der Waals surface area contributed by atoms with Crippen LogP contribution in [0, 0.1) is 34.5 Å². The molecular weight excluding hydrogens is 260 g/mol. The van der Waals surface area contributed by atoms with Crippen molar-refractivity contribution in [2.24, 2.45) is 34.5 Å². The molecule has 0 spiro atoms. The summed E-state index contributed by atoms with van der Waals surface area (Å²) in [6.45, 7) is 4.75. The Morgan fingerprint density at radius 2 is 1.67 bits per heavy atom. The van der Waals surface area contributed by atoms with E-state index in [4.69, 9.17) is 0 Å². The summed E-state index contributed by atoms with van der Waals surface area (Å²) in [5.41, 5.74) is 0.355. The monoisotopic (exact) mass is 292 g/mol. The molecule has 120 valence electrons. The Morgan fingerprint density at radius 3 is 2.48 bits per heavy atom. The highest BCUT2D eigenvalue weighted by atomic mass is 16.3. The molecule has 0 heterocycles. The van der Waals surface area contributed by atoms with Crippen LogP contribution in [0.1, 0.15) is 71.6 Å². The van der Waals surface area contributed by atoms with Gasteiger partial charge in [-0.25, -0.2) is 0 Å². The normalized spacial score (nSPS) is 60.0. The first kappa shape index (κ1) is 14.5. The van der Waals surface area contributed by atoms with Gasteiger partial charge >= 0.3 is 0 Å². The molecule has 4 aliphatic rings. The molecule has 0 aliphatic heterocycles. The van der Waals surface area contributed by atoms with Gasteiger partial charge in [-0.05, 0) is 79.4 Å². The lowest BCUT2D eigenvalue weighted by molar-refractivity contribution is -0.175. The minimum Gasteiger partial charge on any atom is -0.393 e. The number of aliphatic hydroxyl groups is 2. The van der Waals surface area contributed by atoms with E-state index in [0.717, 1.165) is 18.8 Å². The topological polar surface area (TPSA) is 40.5 Å². The SMILES string of the molecule is C[C@]12CCCC[C@@H]1CC[C@@H]1[C@@H]2[C@H](O)C[C@]2(C)[C@H](O)CC[C@@H]12. The van der Waals surface area contributed by atoms with Gasteiger partial charge in [-0.1, -0.05) is 26.7 Å². The Balaban J connectivity index is 1.70. The smallest absolute Gasteiger partial charge is 0.0597 e. The summed E-state index contributed by atoms with van der Waals surface area (Å²) in [4.78, 5) is 0. The van der Waals surface area contributed by atoms with Crippen LogP contribution in [0.5, 0.6) is 0 Å². The standard InChI is InChI=1S/C19H32O2/c1-18-10-4-3-5-12(18)6-7-13-14-8-9-16(21)19(14,2)11-15(20)17(13)18/h12-17,20-21H,3-11H2,1-2H3/t12-,13+,14+,15-,16-,17-,18+,19+/m1/s1. The van der Waals surface area contributed by atoms with Gasteiger partial charge in [0.05, 0.1) is 12.2 Å². The highest BCUT2D eigenvalue weighted by molar-refractivity contribution is 5.11. The van der Waals surface area contributed by atoms with Crippen molar-refractivity contribution in [1.29, 1.82) is 0 Å². The van der Waals surface area contributed by atoms with E-state index in [1.165, 1.54) is 44.9 Å². The molecule has 2 nitrogen and oxygen atoms in total. The lowest BCUT2D eigenvalue weighted by atomic mass is 9.44. The van der Waals surface area contributed by atoms with Gasteiger partial charge in [-0.3, -0.25) is 0 Å². The molecule has 4 aliphatic carbocycles. The molecule has 4 saturated carbocycles. The maximum Gasteiger partial charge on any atom is 0.0597 e. The summed E-state index contributed by atoms with van der Waals surface area (Å²) in [7, 11) is 0. The zero-order valence-corrected chi connectivity index (χ0v) is 13.7. The fourth-order valence-corrected chi connectivity index (χ4v) is 7.39. The van der Waals surface area contributed by atoms with Crippen molar-refractivity contribution in [3.63, 3.8) is 0 Å². The van der Waals surface area contributed by atoms with E-state index in [1.807, 2.05) is 0 Å². The summed E-state index contributed by atoms with van der Waals surface area (Å²) in [6.07, 6.45) is 10.7. The van der Waals surface area contributed by atoms with Crippen molar-refractivity contribution >= 4 is 0 Å². The van der Waals surface area contributed by atoms with Gasteiger partial charge in [0.1, 0.15) is 0 Å². The van der Waals surface area contributed by atoms with Gasteiger partial charge in [0, 0.05) is 0 Å². The summed E-state index contributed by atoms with van der Waals surface area (Å²) in [5.74, 6) is 2.66. The van der Waals surface area contributed by atoms with E-state index in [9.17, 15) is 10.2 Å². The second kappa shape index (κ2) is 4.71. The first-order valence-electron chi connectivity index (χ1n) is 9.33. The molecule has 4 fully saturated rings. The maximum atomic E-state index is 11.0. The van der Waals surface area contributed by atoms with Gasteiger partial charge in [0.15, 0.2) is 0 Å². The summed E-state index contributed by atoms with van der Waals surface area (Å²) < 4.78 is 0. The molecule has 4 rings (SSSR count). The zero-order chi connectivity index (χ0) is 14.8. The van der Waals surface area contributed by atoms with E-state index < -0.39 is 0 Å². The molecule has 2 N–H and O–H groups in total. The number of fused-ring (bicyclic) bond motifs is 5. The Hall–Kier alpha value is -0.0800. The number of hydrogen-bond acceptors (Lipinski definition) is 2. The molecular formula is C19H32O2. The van der Waals surface area contributed by atoms with E-state index >= 15 is 0 Å². The number of hydrogen-bond donors (Lipinski definition) is 2. The first-order valence-corrected chi connectivity index (χ1v) is 9.33. The fourth-order valence-electron chi connectivity index (χ4n) is 7.39. The van der Waals surface area contributed by atoms with E-state index in [0.29, 0.717) is 23.2 Å². The molecule has 0 aromatic rings. The number of aliphatic hydroxyl groups excluding tert-OH is 2. The molecule has 0 saturated heterocycles. The van der Waals surface area contributed by atoms with Gasteiger partial charge < -0.3 is 10.2 Å². The van der Waals surface area contributed by atoms with Crippen molar-refractivity contribution in [3.8, 4) is 0 Å². The van der Waals surface area contributed by atoms with Crippen molar-refractivity contribution in [3.05, 3.63) is 0 Å². The van der Waals surface area contributed by atoms with Crippen LogP contribution in [-0.4, -0.2) is 22.4 Å². The van der Waals surface area contributed by atoms with E-state index in [-0.39, 0.29) is 17.6 Å². The quantitative estimate of drug-likeness (QED) is 0.714. The second-order valence-electron chi connectivity index (χ2n) is 9.19. The van der Waals surface area contributed by atoms with Crippen LogP contribution in [0.2, 0.25) is 0 Å². The Kier molecular flexibility index (Phi) is 3.25. The van der Waals surface area contributed by atoms with Gasteiger partial charge in [0.2, 0.25) is 0 Å². The molecule has 0 unspecified atom stereocenters. The molecule has 8 atom stereocenters. The summed E-state index contributed by atoms with van der Waals surface area (Å²) in [5, 5.41) is 21.5. The third kappa shape index (κ3) is 1.84. The molecule has 0 aromatic heterocycles. The summed E-state index contributed by atoms with van der Waals surface area (Å²) >= 11 is 0. The van der Waals surface area contributed by atoms with Crippen LogP contribution in [0.25, 0.3) is 0 Å². The molecule has 0 radical (unpaired) electrons. The lowest BCUT2D eigenvalue weighted by Crippen LogP contribution is -2.58. The van der Waals surface area contributed by atoms with E-state index in [2.05, 4.69) is 13.8 Å². The van der Waals surface area contributed by atoms with Gasteiger partial charge in [-0.15, -0.1) is 0 Å². The molecule has 2 heteroatoms. The minimum absolute atomic E-state index is 0.0154. The van der Waals surface area contributed by atoms with Crippen LogP contribution in [-0.2, 0) is 0 Å². The zero-order valence-electron chi connectivity index (χ0n) is 13.7. The minimum atomic E-state index is -0.185. The largest absolute Gasteiger partial charge is 0.393 e. The first-order chi connectivity index (χ1) is 9.97. The number of rotatable bonds is 0. The Bertz CT molecular complexity index is 422. The van der Waals surface area contributed by atoms with Crippen molar-refractivity contribution in [2.45, 2.75) is 83.8 Å². The third-order valence-corrected chi connectivity index (χ3v) is 8.46.